The van der Waals surface area contributed by atoms with E-state index < -0.39 is 0 Å². The minimum atomic E-state index is -0.0822. The normalized spacial score (nSPS) is 13.9. The van der Waals surface area contributed by atoms with Crippen molar-refractivity contribution in [3.05, 3.63) is 42.0 Å². The van der Waals surface area contributed by atoms with Gasteiger partial charge in [0.05, 0.1) is 28.4 Å². The third-order valence-electron chi connectivity index (χ3n) is 4.94. The number of rotatable bonds is 6. The first kappa shape index (κ1) is 19.7. The number of ether oxygens (including phenoxy) is 4. The van der Waals surface area contributed by atoms with Gasteiger partial charge in [0.1, 0.15) is 17.1 Å². The van der Waals surface area contributed by atoms with Crippen molar-refractivity contribution >= 4 is 11.6 Å². The van der Waals surface area contributed by atoms with Crippen molar-refractivity contribution < 1.29 is 23.7 Å². The molecule has 1 heterocycles. The summed E-state index contributed by atoms with van der Waals surface area (Å²) in [6.45, 7) is 2.65. The van der Waals surface area contributed by atoms with Crippen molar-refractivity contribution in [3.8, 4) is 23.0 Å². The smallest absolute Gasteiger partial charge is 0.261 e. The molecule has 0 saturated carbocycles. The molecule has 0 radical (unpaired) electrons. The van der Waals surface area contributed by atoms with E-state index in [0.29, 0.717) is 41.7 Å². The van der Waals surface area contributed by atoms with E-state index in [0.717, 1.165) is 18.8 Å². The lowest BCUT2D eigenvalue weighted by molar-refractivity contribution is 0.0739. The number of benzene rings is 2. The highest BCUT2D eigenvalue weighted by Gasteiger charge is 2.27. The summed E-state index contributed by atoms with van der Waals surface area (Å²) in [5.41, 5.74) is 1.51. The molecular formula is C21H26N2O5. The van der Waals surface area contributed by atoms with Crippen molar-refractivity contribution in [3.63, 3.8) is 0 Å². The highest BCUT2D eigenvalue weighted by Crippen LogP contribution is 2.33. The van der Waals surface area contributed by atoms with E-state index in [9.17, 15) is 4.79 Å². The van der Waals surface area contributed by atoms with Crippen LogP contribution in [0.3, 0.4) is 0 Å². The Labute approximate surface area is 165 Å². The maximum atomic E-state index is 13.1. The molecule has 0 bridgehead atoms. The van der Waals surface area contributed by atoms with Gasteiger partial charge in [-0.3, -0.25) is 4.79 Å². The molecule has 2 aromatic rings. The van der Waals surface area contributed by atoms with Crippen LogP contribution in [0.15, 0.2) is 36.4 Å². The molecule has 1 aliphatic heterocycles. The Morgan fingerprint density at radius 1 is 0.750 bits per heavy atom. The highest BCUT2D eigenvalue weighted by molar-refractivity contribution is 5.99. The Morgan fingerprint density at radius 3 is 1.86 bits per heavy atom. The Morgan fingerprint density at radius 2 is 1.32 bits per heavy atom. The van der Waals surface area contributed by atoms with Crippen LogP contribution in [0.2, 0.25) is 0 Å². The summed E-state index contributed by atoms with van der Waals surface area (Å²) in [4.78, 5) is 17.2. The third-order valence-corrected chi connectivity index (χ3v) is 4.94. The summed E-state index contributed by atoms with van der Waals surface area (Å²) >= 11 is 0. The van der Waals surface area contributed by atoms with E-state index in [1.165, 1.54) is 0 Å². The van der Waals surface area contributed by atoms with E-state index in [4.69, 9.17) is 18.9 Å². The van der Waals surface area contributed by atoms with Gasteiger partial charge in [0.15, 0.2) is 11.5 Å². The molecular weight excluding hydrogens is 360 g/mol. The van der Waals surface area contributed by atoms with Gasteiger partial charge in [0.2, 0.25) is 0 Å². The van der Waals surface area contributed by atoms with Crippen LogP contribution in [0.4, 0.5) is 5.69 Å². The number of methoxy groups -OCH3 is 4. The molecule has 0 aliphatic carbocycles. The Hall–Kier alpha value is -3.09. The van der Waals surface area contributed by atoms with Gasteiger partial charge in [-0.15, -0.1) is 0 Å². The molecule has 0 aromatic heterocycles. The van der Waals surface area contributed by atoms with Crippen LogP contribution in [0.25, 0.3) is 0 Å². The van der Waals surface area contributed by atoms with Gasteiger partial charge in [0, 0.05) is 37.9 Å². The molecule has 1 fully saturated rings. The van der Waals surface area contributed by atoms with Crippen LogP contribution >= 0.6 is 0 Å². The number of amides is 1. The fourth-order valence-corrected chi connectivity index (χ4v) is 3.41. The fourth-order valence-electron chi connectivity index (χ4n) is 3.41. The van der Waals surface area contributed by atoms with Crippen molar-refractivity contribution in [2.24, 2.45) is 0 Å². The van der Waals surface area contributed by atoms with Crippen molar-refractivity contribution in [1.29, 1.82) is 0 Å². The summed E-state index contributed by atoms with van der Waals surface area (Å²) < 4.78 is 21.4. The minimum absolute atomic E-state index is 0.0822. The van der Waals surface area contributed by atoms with Crippen molar-refractivity contribution in [2.45, 2.75) is 0 Å². The Kier molecular flexibility index (Phi) is 6.13. The lowest BCUT2D eigenvalue weighted by Crippen LogP contribution is -2.48. The van der Waals surface area contributed by atoms with Crippen molar-refractivity contribution in [2.75, 3.05) is 59.5 Å². The van der Waals surface area contributed by atoms with Gasteiger partial charge >= 0.3 is 0 Å². The fraction of sp³-hybridized carbons (Fsp3) is 0.381. The molecule has 1 aliphatic rings. The molecule has 28 heavy (non-hydrogen) atoms. The van der Waals surface area contributed by atoms with Crippen LogP contribution < -0.4 is 23.8 Å². The maximum Gasteiger partial charge on any atom is 0.261 e. The van der Waals surface area contributed by atoms with Crippen LogP contribution in [-0.2, 0) is 0 Å². The number of hydrogen-bond acceptors (Lipinski definition) is 6. The molecule has 0 N–H and O–H groups in total. The molecule has 0 unspecified atom stereocenters. The average Bonchev–Trinajstić information content (AvgIpc) is 2.77. The van der Waals surface area contributed by atoms with Gasteiger partial charge < -0.3 is 28.7 Å². The van der Waals surface area contributed by atoms with E-state index in [-0.39, 0.29) is 5.91 Å². The highest BCUT2D eigenvalue weighted by atomic mass is 16.5. The number of carbonyl (C=O) groups is 1. The molecule has 7 nitrogen and oxygen atoms in total. The molecule has 0 spiro atoms. The van der Waals surface area contributed by atoms with Crippen molar-refractivity contribution in [1.82, 2.24) is 4.90 Å². The molecule has 7 heteroatoms. The second kappa shape index (κ2) is 8.73. The zero-order valence-corrected chi connectivity index (χ0v) is 16.7. The summed E-state index contributed by atoms with van der Waals surface area (Å²) in [5, 5.41) is 0. The number of anilines is 1. The van der Waals surface area contributed by atoms with Crippen LogP contribution in [0.5, 0.6) is 23.0 Å². The number of carbonyl (C=O) groups excluding carboxylic acids is 1. The van der Waals surface area contributed by atoms with Gasteiger partial charge in [-0.25, -0.2) is 0 Å². The third kappa shape index (κ3) is 3.78. The summed E-state index contributed by atoms with van der Waals surface area (Å²) in [6, 6.07) is 11.2. The quantitative estimate of drug-likeness (QED) is 0.761. The second-order valence-electron chi connectivity index (χ2n) is 6.36. The Bertz CT molecular complexity index is 809. The van der Waals surface area contributed by atoms with E-state index in [1.807, 2.05) is 29.2 Å². The SMILES string of the molecule is COc1ccc(N2CCN(C(=O)c3c(OC)cccc3OC)CC2)cc1OC. The van der Waals surface area contributed by atoms with Gasteiger partial charge in [-0.1, -0.05) is 6.07 Å². The van der Waals surface area contributed by atoms with Gasteiger partial charge in [-0.05, 0) is 24.3 Å². The van der Waals surface area contributed by atoms with Gasteiger partial charge in [0.25, 0.3) is 5.91 Å². The standard InChI is InChI=1S/C21H26N2O5/c1-25-16-9-8-15(14-19(16)28-4)22-10-12-23(13-11-22)21(24)20-17(26-2)6-5-7-18(20)27-3/h5-9,14H,10-13H2,1-4H3. The Balaban J connectivity index is 1.73. The molecule has 3 rings (SSSR count). The first-order chi connectivity index (χ1) is 13.6. The average molecular weight is 386 g/mol. The van der Waals surface area contributed by atoms with Gasteiger partial charge in [-0.2, -0.15) is 0 Å². The number of hydrogen-bond donors (Lipinski definition) is 0. The molecule has 150 valence electrons. The van der Waals surface area contributed by atoms with Crippen LogP contribution in [0, 0.1) is 0 Å². The summed E-state index contributed by atoms with van der Waals surface area (Å²) in [7, 11) is 6.36. The first-order valence-corrected chi connectivity index (χ1v) is 9.10. The summed E-state index contributed by atoms with van der Waals surface area (Å²) in [6.07, 6.45) is 0. The number of nitrogens with zero attached hydrogens (tertiary/aromatic N) is 2. The lowest BCUT2D eigenvalue weighted by Gasteiger charge is -2.36. The molecule has 1 amide bonds. The van der Waals surface area contributed by atoms with Crippen LogP contribution in [0.1, 0.15) is 10.4 Å². The number of piperazine rings is 1. The lowest BCUT2D eigenvalue weighted by atomic mass is 10.1. The van der Waals surface area contributed by atoms with E-state index >= 15 is 0 Å². The predicted octanol–water partition coefficient (Wildman–Crippen LogP) is 2.68. The topological polar surface area (TPSA) is 60.5 Å². The largest absolute Gasteiger partial charge is 0.496 e. The van der Waals surface area contributed by atoms with E-state index in [2.05, 4.69) is 4.90 Å². The zero-order chi connectivity index (χ0) is 20.1. The molecule has 2 aromatic carbocycles. The summed E-state index contributed by atoms with van der Waals surface area (Å²) in [5.74, 6) is 2.35. The maximum absolute atomic E-state index is 13.1. The predicted molar refractivity (Wildman–Crippen MR) is 107 cm³/mol. The molecule has 1 saturated heterocycles. The zero-order valence-electron chi connectivity index (χ0n) is 16.7. The molecule has 0 atom stereocenters. The van der Waals surface area contributed by atoms with E-state index in [1.54, 1.807) is 40.6 Å². The minimum Gasteiger partial charge on any atom is -0.496 e. The monoisotopic (exact) mass is 386 g/mol. The first-order valence-electron chi connectivity index (χ1n) is 9.10. The second-order valence-corrected chi connectivity index (χ2v) is 6.36. The van der Waals surface area contributed by atoms with Crippen LogP contribution in [-0.4, -0.2) is 65.4 Å².